The Balaban J connectivity index is 2.30. The van der Waals surface area contributed by atoms with E-state index >= 15 is 0 Å². The number of hydrogen-bond acceptors (Lipinski definition) is 9. The number of nitrogens with zero attached hydrogens (tertiary/aromatic N) is 3. The molecule has 0 aromatic carbocycles. The van der Waals surface area contributed by atoms with E-state index in [0.717, 1.165) is 11.8 Å². The third-order valence-corrected chi connectivity index (χ3v) is 6.48. The Morgan fingerprint density at radius 3 is 2.42 bits per heavy atom. The van der Waals surface area contributed by atoms with Crippen molar-refractivity contribution in [3.8, 4) is 5.88 Å². The summed E-state index contributed by atoms with van der Waals surface area (Å²) < 4.78 is 38.6. The van der Waals surface area contributed by atoms with Gasteiger partial charge in [0, 0.05) is 12.3 Å². The van der Waals surface area contributed by atoms with Gasteiger partial charge in [0.05, 0.1) is 31.1 Å². The Morgan fingerprint density at radius 2 is 1.97 bits per heavy atom. The lowest BCUT2D eigenvalue weighted by Gasteiger charge is -2.27. The summed E-state index contributed by atoms with van der Waals surface area (Å²) in [5.74, 6) is 0.240. The van der Waals surface area contributed by atoms with E-state index in [1.165, 1.54) is 7.11 Å². The highest BCUT2D eigenvalue weighted by molar-refractivity contribution is 7.94. The number of sulfonamides is 1. The van der Waals surface area contributed by atoms with Gasteiger partial charge in [0.15, 0.2) is 4.91 Å². The number of anilines is 1. The molecule has 2 amide bonds. The average molecular weight is 483 g/mol. The smallest absolute Gasteiger partial charge is 0.333 e. The fourth-order valence-corrected chi connectivity index (χ4v) is 4.13. The van der Waals surface area contributed by atoms with Gasteiger partial charge in [0.1, 0.15) is 6.61 Å². The lowest BCUT2D eigenvalue weighted by Crippen LogP contribution is -2.42. The zero-order valence-corrected chi connectivity index (χ0v) is 21.0. The van der Waals surface area contributed by atoms with E-state index in [2.05, 4.69) is 15.3 Å². The minimum absolute atomic E-state index is 0.0122. The maximum absolute atomic E-state index is 12.9. The molecule has 0 unspecified atom stereocenters. The second kappa shape index (κ2) is 10.8. The molecule has 1 aromatic heterocycles. The molecule has 33 heavy (non-hydrogen) atoms. The molecule has 4 N–H and O–H groups in total. The Morgan fingerprint density at radius 1 is 1.30 bits per heavy atom. The number of methoxy groups -OCH3 is 1. The molecule has 0 aliphatic carbocycles. The van der Waals surface area contributed by atoms with Crippen LogP contribution in [0.4, 0.5) is 10.5 Å². The quantitative estimate of drug-likeness (QED) is 0.509. The fourth-order valence-electron chi connectivity index (χ4n) is 3.19. The first-order valence-electron chi connectivity index (χ1n) is 10.6. The van der Waals surface area contributed by atoms with Gasteiger partial charge in [-0.2, -0.15) is 0 Å². The molecule has 0 bridgehead atoms. The highest BCUT2D eigenvalue weighted by Gasteiger charge is 2.30. The van der Waals surface area contributed by atoms with Gasteiger partial charge < -0.3 is 25.4 Å². The van der Waals surface area contributed by atoms with Gasteiger partial charge in [-0.3, -0.25) is 0 Å². The molecule has 1 aliphatic rings. The van der Waals surface area contributed by atoms with E-state index in [9.17, 15) is 13.2 Å². The van der Waals surface area contributed by atoms with Crippen molar-refractivity contribution in [2.75, 3.05) is 39.7 Å². The molecular formula is C21H34N6O5S. The Kier molecular flexibility index (Phi) is 8.67. The van der Waals surface area contributed by atoms with Gasteiger partial charge in [0.2, 0.25) is 11.8 Å². The van der Waals surface area contributed by atoms with Gasteiger partial charge >= 0.3 is 6.03 Å². The summed E-state index contributed by atoms with van der Waals surface area (Å²) in [5, 5.41) is 2.65. The number of rotatable bonds is 8. The van der Waals surface area contributed by atoms with Gasteiger partial charge in [-0.1, -0.05) is 27.7 Å². The highest BCUT2D eigenvalue weighted by Crippen LogP contribution is 2.34. The summed E-state index contributed by atoms with van der Waals surface area (Å²) in [7, 11) is 0.919. The number of nitrogens with one attached hydrogen (secondary N) is 2. The van der Waals surface area contributed by atoms with Crippen LogP contribution in [0.1, 0.15) is 50.8 Å². The lowest BCUT2D eigenvalue weighted by molar-refractivity contribution is 0.167. The van der Waals surface area contributed by atoms with Crippen molar-refractivity contribution in [1.29, 1.82) is 0 Å². The number of amides is 2. The molecule has 2 heterocycles. The van der Waals surface area contributed by atoms with Crippen molar-refractivity contribution in [2.24, 2.45) is 10.7 Å². The molecule has 12 heteroatoms. The Labute approximate surface area is 195 Å². The van der Waals surface area contributed by atoms with Crippen molar-refractivity contribution in [3.63, 3.8) is 0 Å². The maximum Gasteiger partial charge on any atom is 0.333 e. The first-order chi connectivity index (χ1) is 15.4. The van der Waals surface area contributed by atoms with Crippen LogP contribution in [0.3, 0.4) is 0 Å². The number of urea groups is 1. The summed E-state index contributed by atoms with van der Waals surface area (Å²) in [6.07, 6.45) is 0.860. The van der Waals surface area contributed by atoms with Crippen molar-refractivity contribution in [3.05, 3.63) is 28.4 Å². The summed E-state index contributed by atoms with van der Waals surface area (Å²) in [5.41, 5.74) is 7.35. The molecule has 0 spiro atoms. The number of pyridine rings is 1. The minimum Gasteiger partial charge on any atom is -0.481 e. The number of carbonyl (C=O) groups is 1. The Hall–Kier alpha value is -2.86. The van der Waals surface area contributed by atoms with E-state index in [1.54, 1.807) is 6.07 Å². The summed E-state index contributed by atoms with van der Waals surface area (Å²) >= 11 is 0. The maximum atomic E-state index is 12.9. The summed E-state index contributed by atoms with van der Waals surface area (Å²) in [6, 6.07) is 0.781. The third kappa shape index (κ3) is 6.35. The van der Waals surface area contributed by atoms with Crippen molar-refractivity contribution >= 4 is 27.6 Å². The number of hydrogen-bond donors (Lipinski definition) is 3. The standard InChI is InChI=1S/C21H34N6O5S/c1-12(2)15-8-17(31-7)24-18(13(3)4)19(15)25-21(28)26-33(29,30)16(9-22)20-23-10-14(11-32-20)27(5)6/h8-9,12-14H,10-11,22H2,1-7H3,(H2,25,26,28)/t14-/m0/s1. The molecule has 2 rings (SSSR count). The van der Waals surface area contributed by atoms with Crippen LogP contribution in [0.25, 0.3) is 0 Å². The van der Waals surface area contributed by atoms with E-state index in [4.69, 9.17) is 15.2 Å². The van der Waals surface area contributed by atoms with Crippen LogP contribution in [0.5, 0.6) is 5.88 Å². The zero-order valence-electron chi connectivity index (χ0n) is 20.2. The van der Waals surface area contributed by atoms with Crippen molar-refractivity contribution in [1.82, 2.24) is 14.6 Å². The average Bonchev–Trinajstić information content (AvgIpc) is 2.73. The SMILES string of the molecule is COc1cc(C(C)C)c(NC(=O)NS(=O)(=O)C(=CN)C2=NC[C@H](N(C)C)CO2)c(C(C)C)n1. The molecule has 1 atom stereocenters. The number of aliphatic imine (C=N–C) groups is 1. The van der Waals surface area contributed by atoms with E-state index in [1.807, 2.05) is 51.4 Å². The normalized spacial score (nSPS) is 17.1. The first-order valence-corrected chi connectivity index (χ1v) is 12.1. The molecule has 0 fully saturated rings. The van der Waals surface area contributed by atoms with Crippen LogP contribution in [0, 0.1) is 0 Å². The molecule has 0 saturated heterocycles. The van der Waals surface area contributed by atoms with Crippen molar-refractivity contribution in [2.45, 2.75) is 45.6 Å². The zero-order chi connectivity index (χ0) is 24.9. The topological polar surface area (TPSA) is 148 Å². The van der Waals surface area contributed by atoms with Crippen LogP contribution in [0.2, 0.25) is 0 Å². The second-order valence-corrected chi connectivity index (χ2v) is 10.1. The molecule has 184 valence electrons. The monoisotopic (exact) mass is 482 g/mol. The number of ether oxygens (including phenoxy) is 2. The molecular weight excluding hydrogens is 448 g/mol. The predicted molar refractivity (Wildman–Crippen MR) is 128 cm³/mol. The molecule has 1 aromatic rings. The first kappa shape index (κ1) is 26.4. The Bertz CT molecular complexity index is 1000. The number of likely N-dealkylation sites (N-methyl/N-ethyl adjacent to an activating group) is 1. The van der Waals surface area contributed by atoms with Crippen molar-refractivity contribution < 1.29 is 22.7 Å². The van der Waals surface area contributed by atoms with Gasteiger partial charge in [-0.15, -0.1) is 0 Å². The molecule has 11 nitrogen and oxygen atoms in total. The fraction of sp³-hybridized carbons (Fsp3) is 0.571. The van der Waals surface area contributed by atoms with E-state index < -0.39 is 21.0 Å². The lowest BCUT2D eigenvalue weighted by atomic mass is 9.97. The minimum atomic E-state index is -4.35. The summed E-state index contributed by atoms with van der Waals surface area (Å²) in [4.78, 5) is 22.9. The predicted octanol–water partition coefficient (Wildman–Crippen LogP) is 1.95. The van der Waals surface area contributed by atoms with E-state index in [0.29, 0.717) is 23.8 Å². The largest absolute Gasteiger partial charge is 0.481 e. The van der Waals surface area contributed by atoms with Crippen LogP contribution < -0.4 is 20.5 Å². The number of aromatic nitrogens is 1. The van der Waals surface area contributed by atoms with Crippen LogP contribution in [0.15, 0.2) is 22.2 Å². The van der Waals surface area contributed by atoms with Crippen LogP contribution >= 0.6 is 0 Å². The van der Waals surface area contributed by atoms with Gasteiger partial charge in [0.25, 0.3) is 10.0 Å². The number of nitrogens with two attached hydrogens (primary N) is 1. The molecule has 1 aliphatic heterocycles. The second-order valence-electron chi connectivity index (χ2n) is 8.49. The van der Waals surface area contributed by atoms with Crippen LogP contribution in [-0.4, -0.2) is 70.6 Å². The third-order valence-electron chi connectivity index (χ3n) is 5.14. The highest BCUT2D eigenvalue weighted by atomic mass is 32.2. The van der Waals surface area contributed by atoms with Gasteiger partial charge in [-0.25, -0.2) is 27.9 Å². The van der Waals surface area contributed by atoms with Gasteiger partial charge in [-0.05, 0) is 31.5 Å². The number of carbonyl (C=O) groups excluding carboxylic acids is 1. The van der Waals surface area contributed by atoms with E-state index in [-0.39, 0.29) is 30.4 Å². The summed E-state index contributed by atoms with van der Waals surface area (Å²) in [6.45, 7) is 8.33. The molecule has 0 saturated carbocycles. The molecule has 0 radical (unpaired) electrons. The van der Waals surface area contributed by atoms with Crippen LogP contribution in [-0.2, 0) is 14.8 Å².